The van der Waals surface area contributed by atoms with E-state index in [1.165, 1.54) is 12.1 Å². The zero-order valence-electron chi connectivity index (χ0n) is 24.5. The van der Waals surface area contributed by atoms with Gasteiger partial charge in [-0.05, 0) is 60.8 Å². The van der Waals surface area contributed by atoms with Crippen LogP contribution in [-0.4, -0.2) is 82.1 Å². The average Bonchev–Trinajstić information content (AvgIpc) is 3.39. The van der Waals surface area contributed by atoms with E-state index in [-0.39, 0.29) is 23.5 Å². The normalized spacial score (nSPS) is 14.4. The molecule has 0 bridgehead atoms. The van der Waals surface area contributed by atoms with Gasteiger partial charge < -0.3 is 15.1 Å². The Kier molecular flexibility index (Phi) is 8.66. The summed E-state index contributed by atoms with van der Waals surface area (Å²) < 4.78 is 43.8. The Bertz CT molecular complexity index is 1690. The van der Waals surface area contributed by atoms with E-state index in [0.29, 0.717) is 30.0 Å². The predicted molar refractivity (Wildman–Crippen MR) is 159 cm³/mol. The standard InChI is InChI=1S/C31H33F3N8O/c1-5-40-12-14-41(15-13-40)20-24-7-6-23(16-26(24)31(32,33)34)30(43)37-27-17-22(21(2)18-35-27)8-9-25-19-36-28-10-11-29(39(3)4)38-42(25)28/h6-7,10-11,16-19H,5,12-15,20H2,1-4H3,(H,35,37,43). The third-order valence-corrected chi connectivity index (χ3v) is 7.46. The van der Waals surface area contributed by atoms with Crippen LogP contribution in [0.5, 0.6) is 0 Å². The van der Waals surface area contributed by atoms with Crippen LogP contribution in [0, 0.1) is 18.8 Å². The number of anilines is 2. The number of alkyl halides is 3. The van der Waals surface area contributed by atoms with Crippen molar-refractivity contribution in [2.24, 2.45) is 0 Å². The fourth-order valence-corrected chi connectivity index (χ4v) is 4.86. The lowest BCUT2D eigenvalue weighted by Crippen LogP contribution is -2.45. The van der Waals surface area contributed by atoms with Crippen LogP contribution in [0.3, 0.4) is 0 Å². The highest BCUT2D eigenvalue weighted by atomic mass is 19.4. The van der Waals surface area contributed by atoms with E-state index >= 15 is 0 Å². The number of carbonyl (C=O) groups is 1. The Labute approximate surface area is 248 Å². The number of benzene rings is 1. The summed E-state index contributed by atoms with van der Waals surface area (Å²) in [7, 11) is 3.78. The number of imidazole rings is 1. The topological polar surface area (TPSA) is 81.9 Å². The lowest BCUT2D eigenvalue weighted by molar-refractivity contribution is -0.138. The molecule has 3 aromatic heterocycles. The number of piperazine rings is 1. The number of halogens is 3. The van der Waals surface area contributed by atoms with Gasteiger partial charge in [0.25, 0.3) is 5.91 Å². The molecule has 1 aromatic carbocycles. The summed E-state index contributed by atoms with van der Waals surface area (Å²) in [6.07, 6.45) is -1.41. The van der Waals surface area contributed by atoms with Gasteiger partial charge in [-0.3, -0.25) is 9.69 Å². The molecule has 12 heteroatoms. The molecule has 9 nitrogen and oxygen atoms in total. The summed E-state index contributed by atoms with van der Waals surface area (Å²) in [6.45, 7) is 8.04. The van der Waals surface area contributed by atoms with E-state index in [1.807, 2.05) is 43.0 Å². The maximum Gasteiger partial charge on any atom is 0.416 e. The molecule has 0 aliphatic carbocycles. The van der Waals surface area contributed by atoms with Crippen molar-refractivity contribution < 1.29 is 18.0 Å². The number of nitrogens with zero attached hydrogens (tertiary/aromatic N) is 7. The summed E-state index contributed by atoms with van der Waals surface area (Å²) in [5, 5.41) is 7.18. The number of fused-ring (bicyclic) bond motifs is 1. The molecule has 5 rings (SSSR count). The number of hydrogen-bond donors (Lipinski definition) is 1. The van der Waals surface area contributed by atoms with Crippen LogP contribution >= 0.6 is 0 Å². The van der Waals surface area contributed by atoms with Crippen LogP contribution in [0.4, 0.5) is 24.8 Å². The maximum atomic E-state index is 14.0. The summed E-state index contributed by atoms with van der Waals surface area (Å²) >= 11 is 0. The summed E-state index contributed by atoms with van der Waals surface area (Å²) in [4.78, 5) is 27.8. The number of hydrogen-bond acceptors (Lipinski definition) is 7. The molecule has 4 aromatic rings. The predicted octanol–water partition coefficient (Wildman–Crippen LogP) is 4.31. The number of aromatic nitrogens is 4. The second-order valence-electron chi connectivity index (χ2n) is 10.7. The summed E-state index contributed by atoms with van der Waals surface area (Å²) in [5.74, 6) is 6.38. The molecule has 0 radical (unpaired) electrons. The number of rotatable bonds is 6. The second-order valence-corrected chi connectivity index (χ2v) is 10.7. The van der Waals surface area contributed by atoms with Gasteiger partial charge in [-0.15, -0.1) is 5.10 Å². The third kappa shape index (κ3) is 6.96. The first-order valence-corrected chi connectivity index (χ1v) is 14.0. The van der Waals surface area contributed by atoms with Gasteiger partial charge in [0.1, 0.15) is 17.3 Å². The molecule has 224 valence electrons. The van der Waals surface area contributed by atoms with Crippen molar-refractivity contribution in [1.82, 2.24) is 29.4 Å². The van der Waals surface area contributed by atoms with E-state index in [2.05, 4.69) is 44.0 Å². The highest BCUT2D eigenvalue weighted by molar-refractivity contribution is 6.04. The van der Waals surface area contributed by atoms with Crippen LogP contribution in [0.25, 0.3) is 5.65 Å². The van der Waals surface area contributed by atoms with Crippen molar-refractivity contribution in [3.05, 3.63) is 82.3 Å². The Morgan fingerprint density at radius 1 is 1.00 bits per heavy atom. The van der Waals surface area contributed by atoms with Gasteiger partial charge in [0.05, 0.1) is 11.8 Å². The molecule has 43 heavy (non-hydrogen) atoms. The number of pyridine rings is 1. The molecule has 1 aliphatic rings. The van der Waals surface area contributed by atoms with E-state index in [0.717, 1.165) is 37.1 Å². The molecule has 0 unspecified atom stereocenters. The fourth-order valence-electron chi connectivity index (χ4n) is 4.86. The molecule has 4 heterocycles. The highest BCUT2D eigenvalue weighted by Crippen LogP contribution is 2.33. The average molecular weight is 591 g/mol. The Morgan fingerprint density at radius 3 is 2.44 bits per heavy atom. The lowest BCUT2D eigenvalue weighted by Gasteiger charge is -2.34. The van der Waals surface area contributed by atoms with E-state index in [1.54, 1.807) is 23.0 Å². The zero-order chi connectivity index (χ0) is 30.7. The Morgan fingerprint density at radius 2 is 1.74 bits per heavy atom. The van der Waals surface area contributed by atoms with Gasteiger partial charge in [-0.2, -0.15) is 13.2 Å². The Hall–Kier alpha value is -4.47. The molecule has 1 saturated heterocycles. The zero-order valence-corrected chi connectivity index (χ0v) is 24.5. The van der Waals surface area contributed by atoms with Gasteiger partial charge in [0.15, 0.2) is 5.65 Å². The van der Waals surface area contributed by atoms with Crippen LogP contribution in [0.15, 0.2) is 48.8 Å². The van der Waals surface area contributed by atoms with Crippen molar-refractivity contribution in [1.29, 1.82) is 0 Å². The molecule has 1 N–H and O–H groups in total. The molecule has 1 amide bonds. The minimum atomic E-state index is -4.60. The number of aryl methyl sites for hydroxylation is 1. The first-order valence-electron chi connectivity index (χ1n) is 14.0. The molecular weight excluding hydrogens is 557 g/mol. The van der Waals surface area contributed by atoms with Gasteiger partial charge in [0, 0.05) is 64.1 Å². The SMILES string of the molecule is CCN1CCN(Cc2ccc(C(=O)Nc3cc(C#Cc4cnc5ccc(N(C)C)nn45)c(C)cn3)cc2C(F)(F)F)CC1. The monoisotopic (exact) mass is 590 g/mol. The smallest absolute Gasteiger partial charge is 0.361 e. The third-order valence-electron chi connectivity index (χ3n) is 7.46. The summed E-state index contributed by atoms with van der Waals surface area (Å²) in [6, 6.07) is 9.05. The lowest BCUT2D eigenvalue weighted by atomic mass is 10.0. The molecular formula is C31H33F3N8O. The van der Waals surface area contributed by atoms with Crippen LogP contribution in [-0.2, 0) is 12.7 Å². The van der Waals surface area contributed by atoms with Gasteiger partial charge in [0.2, 0.25) is 0 Å². The van der Waals surface area contributed by atoms with Crippen molar-refractivity contribution in [3.63, 3.8) is 0 Å². The minimum absolute atomic E-state index is 0.101. The number of likely N-dealkylation sites (N-methyl/N-ethyl adjacent to an activating group) is 1. The molecule has 0 atom stereocenters. The molecule has 0 saturated carbocycles. The second kappa shape index (κ2) is 12.4. The van der Waals surface area contributed by atoms with Crippen LogP contribution < -0.4 is 10.2 Å². The molecule has 1 aliphatic heterocycles. The van der Waals surface area contributed by atoms with Gasteiger partial charge in [-0.1, -0.05) is 18.9 Å². The molecule has 0 spiro atoms. The van der Waals surface area contributed by atoms with Crippen molar-refractivity contribution in [3.8, 4) is 11.8 Å². The maximum absolute atomic E-state index is 14.0. The number of amides is 1. The minimum Gasteiger partial charge on any atom is -0.361 e. The summed E-state index contributed by atoms with van der Waals surface area (Å²) in [5.41, 5.74) is 1.84. The van der Waals surface area contributed by atoms with E-state index in [9.17, 15) is 18.0 Å². The quantitative estimate of drug-likeness (QED) is 0.336. The van der Waals surface area contributed by atoms with Crippen LogP contribution in [0.2, 0.25) is 0 Å². The van der Waals surface area contributed by atoms with Crippen molar-refractivity contribution >= 4 is 23.2 Å². The molecule has 1 fully saturated rings. The van der Waals surface area contributed by atoms with Crippen molar-refractivity contribution in [2.75, 3.05) is 57.0 Å². The van der Waals surface area contributed by atoms with Crippen molar-refractivity contribution in [2.45, 2.75) is 26.6 Å². The first kappa shape index (κ1) is 30.0. The largest absolute Gasteiger partial charge is 0.416 e. The Balaban J connectivity index is 1.34. The van der Waals surface area contributed by atoms with Gasteiger partial charge in [-0.25, -0.2) is 14.5 Å². The van der Waals surface area contributed by atoms with E-state index in [4.69, 9.17) is 0 Å². The fraction of sp³-hybridized carbons (Fsp3) is 0.355. The number of nitrogens with one attached hydrogen (secondary N) is 1. The van der Waals surface area contributed by atoms with E-state index < -0.39 is 17.6 Å². The van der Waals surface area contributed by atoms with Crippen LogP contribution in [0.1, 0.15) is 45.2 Å². The van der Waals surface area contributed by atoms with Gasteiger partial charge >= 0.3 is 6.18 Å². The highest BCUT2D eigenvalue weighted by Gasteiger charge is 2.34. The number of carbonyl (C=O) groups excluding carboxylic acids is 1. The first-order chi connectivity index (χ1) is 20.5.